The van der Waals surface area contributed by atoms with Crippen LogP contribution in [0.15, 0.2) is 5.03 Å². The predicted octanol–water partition coefficient (Wildman–Crippen LogP) is 1.15. The van der Waals surface area contributed by atoms with Crippen molar-refractivity contribution in [2.75, 3.05) is 24.7 Å². The summed E-state index contributed by atoms with van der Waals surface area (Å²) in [5.74, 6) is 2.69. The molecule has 0 bridgehead atoms. The van der Waals surface area contributed by atoms with Crippen molar-refractivity contribution in [2.24, 2.45) is 0 Å². The number of anilines is 1. The third-order valence-corrected chi connectivity index (χ3v) is 4.14. The lowest BCUT2D eigenvalue weighted by Gasteiger charge is -2.12. The van der Waals surface area contributed by atoms with Gasteiger partial charge in [0.15, 0.2) is 0 Å². The normalized spacial score (nSPS) is 16.7. The van der Waals surface area contributed by atoms with Crippen molar-refractivity contribution >= 4 is 17.6 Å². The van der Waals surface area contributed by atoms with Gasteiger partial charge in [0.2, 0.25) is 0 Å². The van der Waals surface area contributed by atoms with Gasteiger partial charge in [-0.3, -0.25) is 0 Å². The van der Waals surface area contributed by atoms with Crippen molar-refractivity contribution in [3.63, 3.8) is 0 Å². The van der Waals surface area contributed by atoms with Gasteiger partial charge in [0, 0.05) is 24.3 Å². The zero-order valence-electron chi connectivity index (χ0n) is 10.7. The van der Waals surface area contributed by atoms with Crippen molar-refractivity contribution in [2.45, 2.75) is 36.8 Å². The van der Waals surface area contributed by atoms with Crippen molar-refractivity contribution in [1.29, 1.82) is 0 Å². The Morgan fingerprint density at radius 2 is 2.17 bits per heavy atom. The molecule has 0 radical (unpaired) electrons. The molecule has 0 spiro atoms. The second kappa shape index (κ2) is 5.86. The number of aromatic nitrogens is 2. The quantitative estimate of drug-likeness (QED) is 0.531. The molecule has 1 atom stereocenters. The van der Waals surface area contributed by atoms with Crippen LogP contribution in [0.1, 0.15) is 30.1 Å². The minimum Gasteiger partial charge on any atom is -0.394 e. The van der Waals surface area contributed by atoms with Gasteiger partial charge in [0.25, 0.3) is 0 Å². The first-order valence-corrected chi connectivity index (χ1v) is 7.12. The molecule has 18 heavy (non-hydrogen) atoms. The zero-order valence-corrected chi connectivity index (χ0v) is 11.5. The minimum atomic E-state index is -0.702. The van der Waals surface area contributed by atoms with Crippen molar-refractivity contribution in [1.82, 2.24) is 9.97 Å². The van der Waals surface area contributed by atoms with E-state index in [9.17, 15) is 5.11 Å². The Balaban J connectivity index is 2.18. The standard InChI is InChI=1S/C12H19N3O2S/c1-7-10(13-2)14-11(8-3-4-8)15-12(7)18-6-9(17)5-16/h8-9,16-17H,3-6H2,1-2H3,(H,13,14,15). The molecule has 0 amide bonds. The lowest BCUT2D eigenvalue weighted by Crippen LogP contribution is -2.15. The maximum atomic E-state index is 9.40. The summed E-state index contributed by atoms with van der Waals surface area (Å²) in [6.45, 7) is 1.75. The molecule has 0 saturated heterocycles. The maximum Gasteiger partial charge on any atom is 0.135 e. The molecule has 6 heteroatoms. The van der Waals surface area contributed by atoms with E-state index in [0.29, 0.717) is 11.7 Å². The average Bonchev–Trinajstić information content (AvgIpc) is 3.21. The highest BCUT2D eigenvalue weighted by Crippen LogP contribution is 2.40. The molecule has 1 heterocycles. The van der Waals surface area contributed by atoms with E-state index in [1.54, 1.807) is 0 Å². The van der Waals surface area contributed by atoms with Gasteiger partial charge in [-0.05, 0) is 19.8 Å². The number of nitrogens with zero attached hydrogens (tertiary/aromatic N) is 2. The van der Waals surface area contributed by atoms with Crippen LogP contribution in [0.25, 0.3) is 0 Å². The van der Waals surface area contributed by atoms with E-state index >= 15 is 0 Å². The molecule has 1 aromatic heterocycles. The van der Waals surface area contributed by atoms with Gasteiger partial charge in [-0.2, -0.15) is 0 Å². The highest BCUT2D eigenvalue weighted by atomic mass is 32.2. The molecule has 3 N–H and O–H groups in total. The summed E-state index contributed by atoms with van der Waals surface area (Å²) in [6.07, 6.45) is 1.62. The van der Waals surface area contributed by atoms with Crippen molar-refractivity contribution < 1.29 is 10.2 Å². The van der Waals surface area contributed by atoms with Gasteiger partial charge in [-0.25, -0.2) is 9.97 Å². The first kappa shape index (κ1) is 13.6. The molecule has 1 aromatic rings. The lowest BCUT2D eigenvalue weighted by atomic mass is 10.3. The Bertz CT molecular complexity index is 424. The molecule has 0 aromatic carbocycles. The third-order valence-electron chi connectivity index (χ3n) is 2.92. The van der Waals surface area contributed by atoms with E-state index in [1.807, 2.05) is 14.0 Å². The second-order valence-corrected chi connectivity index (χ2v) is 5.54. The minimum absolute atomic E-state index is 0.217. The molecule has 2 rings (SSSR count). The van der Waals surface area contributed by atoms with E-state index in [1.165, 1.54) is 11.8 Å². The Hall–Kier alpha value is -0.850. The molecular formula is C12H19N3O2S. The molecular weight excluding hydrogens is 250 g/mol. The number of thioether (sulfide) groups is 1. The highest BCUT2D eigenvalue weighted by Gasteiger charge is 2.28. The van der Waals surface area contributed by atoms with Crippen LogP contribution < -0.4 is 5.32 Å². The van der Waals surface area contributed by atoms with Crippen molar-refractivity contribution in [3.05, 3.63) is 11.4 Å². The van der Waals surface area contributed by atoms with Gasteiger partial charge in [0.1, 0.15) is 16.7 Å². The van der Waals surface area contributed by atoms with E-state index in [-0.39, 0.29) is 6.61 Å². The number of nitrogens with one attached hydrogen (secondary N) is 1. The monoisotopic (exact) mass is 269 g/mol. The predicted molar refractivity (Wildman–Crippen MR) is 72.1 cm³/mol. The van der Waals surface area contributed by atoms with Crippen LogP contribution in [-0.4, -0.2) is 45.7 Å². The van der Waals surface area contributed by atoms with E-state index in [0.717, 1.165) is 35.1 Å². The largest absolute Gasteiger partial charge is 0.394 e. The molecule has 1 saturated carbocycles. The summed E-state index contributed by atoms with van der Waals surface area (Å²) >= 11 is 1.47. The first-order chi connectivity index (χ1) is 8.65. The Kier molecular flexibility index (Phi) is 4.42. The Labute approximate surface area is 111 Å². The fourth-order valence-electron chi connectivity index (χ4n) is 1.65. The molecule has 1 unspecified atom stereocenters. The fourth-order valence-corrected chi connectivity index (χ4v) is 2.58. The van der Waals surface area contributed by atoms with Gasteiger partial charge in [-0.1, -0.05) is 0 Å². The van der Waals surface area contributed by atoms with E-state index < -0.39 is 6.10 Å². The number of rotatable bonds is 6. The third kappa shape index (κ3) is 3.13. The van der Waals surface area contributed by atoms with Gasteiger partial charge in [-0.15, -0.1) is 11.8 Å². The zero-order chi connectivity index (χ0) is 13.1. The van der Waals surface area contributed by atoms with Gasteiger partial charge < -0.3 is 15.5 Å². The lowest BCUT2D eigenvalue weighted by molar-refractivity contribution is 0.113. The fraction of sp³-hybridized carbons (Fsp3) is 0.667. The number of hydrogen-bond donors (Lipinski definition) is 3. The van der Waals surface area contributed by atoms with Crippen LogP contribution in [-0.2, 0) is 0 Å². The summed E-state index contributed by atoms with van der Waals surface area (Å²) in [4.78, 5) is 9.08. The summed E-state index contributed by atoms with van der Waals surface area (Å²) in [6, 6.07) is 0. The summed E-state index contributed by atoms with van der Waals surface area (Å²) in [7, 11) is 1.85. The maximum absolute atomic E-state index is 9.40. The van der Waals surface area contributed by atoms with Crippen molar-refractivity contribution in [3.8, 4) is 0 Å². The molecule has 0 aliphatic heterocycles. The van der Waals surface area contributed by atoms with Crippen LogP contribution in [0.3, 0.4) is 0 Å². The van der Waals surface area contributed by atoms with Crippen LogP contribution in [0, 0.1) is 6.92 Å². The molecule has 5 nitrogen and oxygen atoms in total. The van der Waals surface area contributed by atoms with Crippen LogP contribution >= 0.6 is 11.8 Å². The van der Waals surface area contributed by atoms with Crippen LogP contribution in [0.2, 0.25) is 0 Å². The van der Waals surface area contributed by atoms with Crippen LogP contribution in [0.5, 0.6) is 0 Å². The molecule has 1 aliphatic rings. The highest BCUT2D eigenvalue weighted by molar-refractivity contribution is 7.99. The summed E-state index contributed by atoms with van der Waals surface area (Å²) < 4.78 is 0. The van der Waals surface area contributed by atoms with E-state index in [2.05, 4.69) is 15.3 Å². The summed E-state index contributed by atoms with van der Waals surface area (Å²) in [5.41, 5.74) is 0.997. The molecule has 1 aliphatic carbocycles. The van der Waals surface area contributed by atoms with Crippen LogP contribution in [0.4, 0.5) is 5.82 Å². The first-order valence-electron chi connectivity index (χ1n) is 6.13. The topological polar surface area (TPSA) is 78.3 Å². The Morgan fingerprint density at radius 3 is 2.72 bits per heavy atom. The number of aliphatic hydroxyl groups excluding tert-OH is 2. The second-order valence-electron chi connectivity index (χ2n) is 4.53. The van der Waals surface area contributed by atoms with Gasteiger partial charge in [0.05, 0.1) is 12.7 Å². The smallest absolute Gasteiger partial charge is 0.135 e. The Morgan fingerprint density at radius 1 is 1.44 bits per heavy atom. The molecule has 100 valence electrons. The molecule has 1 fully saturated rings. The average molecular weight is 269 g/mol. The number of aliphatic hydroxyl groups is 2. The van der Waals surface area contributed by atoms with Gasteiger partial charge >= 0.3 is 0 Å². The van der Waals surface area contributed by atoms with E-state index in [4.69, 9.17) is 5.11 Å². The SMILES string of the molecule is CNc1nc(C2CC2)nc(SCC(O)CO)c1C. The summed E-state index contributed by atoms with van der Waals surface area (Å²) in [5, 5.41) is 22.2. The number of hydrogen-bond acceptors (Lipinski definition) is 6.